The second kappa shape index (κ2) is 7.31. The van der Waals surface area contributed by atoms with Crippen LogP contribution in [0.4, 0.5) is 0 Å². The van der Waals surface area contributed by atoms with Crippen LogP contribution in [0.5, 0.6) is 0 Å². The number of benzene rings is 1. The Hall–Kier alpha value is -3.01. The Bertz CT molecular complexity index is 786. The first-order valence-corrected chi connectivity index (χ1v) is 7.48. The maximum Gasteiger partial charge on any atom is 0.118 e. The van der Waals surface area contributed by atoms with Crippen molar-refractivity contribution in [1.82, 2.24) is 9.97 Å². The summed E-state index contributed by atoms with van der Waals surface area (Å²) in [4.78, 5) is 8.25. The van der Waals surface area contributed by atoms with Crippen molar-refractivity contribution < 1.29 is 5.21 Å². The van der Waals surface area contributed by atoms with Crippen LogP contribution in [0.15, 0.2) is 78.5 Å². The van der Waals surface area contributed by atoms with E-state index in [4.69, 9.17) is 0 Å². The van der Waals surface area contributed by atoms with E-state index in [0.29, 0.717) is 5.71 Å². The zero-order valence-electron chi connectivity index (χ0n) is 12.6. The van der Waals surface area contributed by atoms with Gasteiger partial charge in [0.15, 0.2) is 0 Å². The predicted molar refractivity (Wildman–Crippen MR) is 89.7 cm³/mol. The van der Waals surface area contributed by atoms with Gasteiger partial charge in [-0.05, 0) is 42.2 Å². The highest BCUT2D eigenvalue weighted by atomic mass is 16.4. The van der Waals surface area contributed by atoms with Crippen molar-refractivity contribution in [2.75, 3.05) is 0 Å². The van der Waals surface area contributed by atoms with Crippen LogP contribution < -0.4 is 0 Å². The normalized spacial score (nSPS) is 11.4. The maximum atomic E-state index is 9.49. The average molecular weight is 303 g/mol. The maximum absolute atomic E-state index is 9.49. The Labute approximate surface area is 135 Å². The number of pyridine rings is 2. The monoisotopic (exact) mass is 303 g/mol. The molecule has 4 heteroatoms. The van der Waals surface area contributed by atoms with Crippen molar-refractivity contribution >= 4 is 5.71 Å². The van der Waals surface area contributed by atoms with E-state index in [1.165, 1.54) is 5.56 Å². The number of nitrogens with zero attached hydrogens (tertiary/aromatic N) is 3. The van der Waals surface area contributed by atoms with Gasteiger partial charge in [0.25, 0.3) is 0 Å². The Morgan fingerprint density at radius 2 is 1.65 bits per heavy atom. The molecule has 0 atom stereocenters. The van der Waals surface area contributed by atoms with Gasteiger partial charge < -0.3 is 5.21 Å². The molecule has 2 aromatic heterocycles. The number of hydrogen-bond acceptors (Lipinski definition) is 4. The summed E-state index contributed by atoms with van der Waals surface area (Å²) in [5.74, 6) is 0. The highest BCUT2D eigenvalue weighted by Gasteiger charge is 2.12. The van der Waals surface area contributed by atoms with Crippen LogP contribution in [0.3, 0.4) is 0 Å². The van der Waals surface area contributed by atoms with Crippen molar-refractivity contribution in [3.63, 3.8) is 0 Å². The van der Waals surface area contributed by atoms with Gasteiger partial charge in [-0.25, -0.2) is 0 Å². The largest absolute Gasteiger partial charge is 0.410 e. The third kappa shape index (κ3) is 3.61. The van der Waals surface area contributed by atoms with Crippen LogP contribution in [0, 0.1) is 0 Å². The van der Waals surface area contributed by atoms with Crippen molar-refractivity contribution in [2.24, 2.45) is 5.16 Å². The zero-order valence-corrected chi connectivity index (χ0v) is 12.6. The summed E-state index contributed by atoms with van der Waals surface area (Å²) < 4.78 is 0. The summed E-state index contributed by atoms with van der Waals surface area (Å²) in [7, 11) is 0. The molecule has 0 aliphatic rings. The molecule has 0 spiro atoms. The van der Waals surface area contributed by atoms with E-state index in [9.17, 15) is 5.21 Å². The lowest BCUT2D eigenvalue weighted by molar-refractivity contribution is 0.319. The Balaban J connectivity index is 1.88. The smallest absolute Gasteiger partial charge is 0.118 e. The van der Waals surface area contributed by atoms with Gasteiger partial charge >= 0.3 is 0 Å². The van der Waals surface area contributed by atoms with Crippen LogP contribution >= 0.6 is 0 Å². The molecular weight excluding hydrogens is 286 g/mol. The van der Waals surface area contributed by atoms with Gasteiger partial charge in [-0.3, -0.25) is 9.97 Å². The van der Waals surface area contributed by atoms with E-state index in [1.54, 1.807) is 18.6 Å². The van der Waals surface area contributed by atoms with E-state index >= 15 is 0 Å². The van der Waals surface area contributed by atoms with E-state index in [2.05, 4.69) is 27.3 Å². The summed E-state index contributed by atoms with van der Waals surface area (Å²) in [5.41, 5.74) is 4.58. The van der Waals surface area contributed by atoms with Crippen molar-refractivity contribution in [1.29, 1.82) is 0 Å². The van der Waals surface area contributed by atoms with Crippen molar-refractivity contribution in [3.8, 4) is 0 Å². The third-order valence-corrected chi connectivity index (χ3v) is 3.71. The summed E-state index contributed by atoms with van der Waals surface area (Å²) in [6.07, 6.45) is 8.79. The van der Waals surface area contributed by atoms with Gasteiger partial charge in [0, 0.05) is 35.9 Å². The Morgan fingerprint density at radius 1 is 0.870 bits per heavy atom. The van der Waals surface area contributed by atoms with Gasteiger partial charge in [-0.15, -0.1) is 0 Å². The second-order valence-electron chi connectivity index (χ2n) is 5.21. The van der Waals surface area contributed by atoms with Crippen LogP contribution in [-0.4, -0.2) is 20.9 Å². The summed E-state index contributed by atoms with van der Waals surface area (Å²) >= 11 is 0. The average Bonchev–Trinajstić information content (AvgIpc) is 2.63. The molecular formula is C19H17N3O. The van der Waals surface area contributed by atoms with Gasteiger partial charge in [-0.2, -0.15) is 0 Å². The van der Waals surface area contributed by atoms with Crippen LogP contribution in [0.2, 0.25) is 0 Å². The molecule has 1 N–H and O–H groups in total. The quantitative estimate of drug-likeness (QED) is 0.446. The fourth-order valence-electron chi connectivity index (χ4n) is 2.56. The lowest BCUT2D eigenvalue weighted by Crippen LogP contribution is -2.08. The topological polar surface area (TPSA) is 58.4 Å². The van der Waals surface area contributed by atoms with Crippen molar-refractivity contribution in [2.45, 2.75) is 12.8 Å². The summed E-state index contributed by atoms with van der Waals surface area (Å²) in [6.45, 7) is 0. The molecule has 114 valence electrons. The molecule has 23 heavy (non-hydrogen) atoms. The standard InChI is InChI=1S/C19H17N3O/c23-22-19(17-7-4-12-21-14-17)18-8-2-1-6-16(18)10-9-15-5-3-11-20-13-15/h1-8,11-14,23H,9-10H2. The minimum atomic E-state index is 0.542. The molecule has 0 aliphatic carbocycles. The highest BCUT2D eigenvalue weighted by molar-refractivity contribution is 6.13. The number of aryl methyl sites for hydroxylation is 2. The number of oxime groups is 1. The van der Waals surface area contributed by atoms with Gasteiger partial charge in [0.1, 0.15) is 5.71 Å². The highest BCUT2D eigenvalue weighted by Crippen LogP contribution is 2.17. The molecule has 1 aromatic carbocycles. The Morgan fingerprint density at radius 3 is 2.35 bits per heavy atom. The van der Waals surface area contributed by atoms with Crippen LogP contribution in [-0.2, 0) is 12.8 Å². The number of aromatic nitrogens is 2. The first kappa shape index (κ1) is 14.9. The fraction of sp³-hybridized carbons (Fsp3) is 0.105. The lowest BCUT2D eigenvalue weighted by atomic mass is 9.95. The van der Waals surface area contributed by atoms with Gasteiger partial charge in [0.2, 0.25) is 0 Å². The number of rotatable bonds is 5. The molecule has 0 aliphatic heterocycles. The van der Waals surface area contributed by atoms with Gasteiger partial charge in [0.05, 0.1) is 0 Å². The minimum absolute atomic E-state index is 0.542. The molecule has 2 heterocycles. The molecule has 0 amide bonds. The predicted octanol–water partition coefficient (Wildman–Crippen LogP) is 3.49. The van der Waals surface area contributed by atoms with E-state index in [1.807, 2.05) is 42.6 Å². The summed E-state index contributed by atoms with van der Waals surface area (Å²) in [6, 6.07) is 15.7. The molecule has 3 rings (SSSR count). The van der Waals surface area contributed by atoms with Gasteiger partial charge in [-0.1, -0.05) is 35.5 Å². The molecule has 0 fully saturated rings. The van der Waals surface area contributed by atoms with E-state index in [0.717, 1.165) is 29.5 Å². The summed E-state index contributed by atoms with van der Waals surface area (Å²) in [5, 5.41) is 13.0. The SMILES string of the molecule is ON=C(c1cccnc1)c1ccccc1CCc1cccnc1. The first-order valence-electron chi connectivity index (χ1n) is 7.48. The molecule has 0 saturated carbocycles. The molecule has 0 bridgehead atoms. The minimum Gasteiger partial charge on any atom is -0.410 e. The fourth-order valence-corrected chi connectivity index (χ4v) is 2.56. The molecule has 0 radical (unpaired) electrons. The molecule has 3 aromatic rings. The zero-order chi connectivity index (χ0) is 15.9. The third-order valence-electron chi connectivity index (χ3n) is 3.71. The molecule has 0 unspecified atom stereocenters. The van der Waals surface area contributed by atoms with Crippen molar-refractivity contribution in [3.05, 3.63) is 95.6 Å². The molecule has 4 nitrogen and oxygen atoms in total. The first-order chi connectivity index (χ1) is 11.4. The van der Waals surface area contributed by atoms with Crippen LogP contribution in [0.1, 0.15) is 22.3 Å². The number of hydrogen-bond donors (Lipinski definition) is 1. The van der Waals surface area contributed by atoms with E-state index in [-0.39, 0.29) is 0 Å². The lowest BCUT2D eigenvalue weighted by Gasteiger charge is -2.11. The van der Waals surface area contributed by atoms with Crippen LogP contribution in [0.25, 0.3) is 0 Å². The second-order valence-corrected chi connectivity index (χ2v) is 5.21. The van der Waals surface area contributed by atoms with E-state index < -0.39 is 0 Å². The molecule has 0 saturated heterocycles. The Kier molecular flexibility index (Phi) is 4.74.